The van der Waals surface area contributed by atoms with Crippen LogP contribution < -0.4 is 15.4 Å². The summed E-state index contributed by atoms with van der Waals surface area (Å²) >= 11 is 0. The molecule has 0 unspecified atom stereocenters. The Morgan fingerprint density at radius 2 is 1.88 bits per heavy atom. The number of rotatable bonds is 3. The highest BCUT2D eigenvalue weighted by atomic mass is 19.4. The van der Waals surface area contributed by atoms with Crippen molar-refractivity contribution in [1.82, 2.24) is 14.9 Å². The van der Waals surface area contributed by atoms with Gasteiger partial charge in [-0.25, -0.2) is 9.97 Å². The van der Waals surface area contributed by atoms with Crippen LogP contribution in [0.5, 0.6) is 5.75 Å². The van der Waals surface area contributed by atoms with Crippen molar-refractivity contribution >= 4 is 11.6 Å². The molecule has 9 heteroatoms. The van der Waals surface area contributed by atoms with Crippen LogP contribution in [0.3, 0.4) is 0 Å². The van der Waals surface area contributed by atoms with Crippen LogP contribution in [0, 0.1) is 0 Å². The number of ether oxygens (including phenoxy) is 1. The van der Waals surface area contributed by atoms with Crippen molar-refractivity contribution in [3.63, 3.8) is 0 Å². The van der Waals surface area contributed by atoms with Gasteiger partial charge in [0.05, 0.1) is 11.9 Å². The van der Waals surface area contributed by atoms with E-state index in [1.807, 2.05) is 11.9 Å². The van der Waals surface area contributed by atoms with Crippen LogP contribution in [0.4, 0.5) is 24.8 Å². The third-order valence-corrected chi connectivity index (χ3v) is 3.95. The molecule has 3 rings (SSSR count). The molecule has 0 amide bonds. The second-order valence-corrected chi connectivity index (χ2v) is 5.83. The number of nitrogen functional groups attached to an aromatic ring is 1. The Labute approximate surface area is 143 Å². The van der Waals surface area contributed by atoms with Gasteiger partial charge in [0.15, 0.2) is 11.6 Å². The zero-order valence-electron chi connectivity index (χ0n) is 13.6. The van der Waals surface area contributed by atoms with Gasteiger partial charge >= 0.3 is 6.36 Å². The Morgan fingerprint density at radius 1 is 1.16 bits per heavy atom. The number of aromatic nitrogens is 2. The summed E-state index contributed by atoms with van der Waals surface area (Å²) in [5.74, 6) is 0.550. The first-order valence-electron chi connectivity index (χ1n) is 7.74. The van der Waals surface area contributed by atoms with E-state index in [1.54, 1.807) is 6.07 Å². The number of piperazine rings is 1. The number of nitrogens with zero attached hydrogens (tertiary/aromatic N) is 4. The molecular formula is C16H18F3N5O. The van der Waals surface area contributed by atoms with Crippen LogP contribution >= 0.6 is 0 Å². The maximum Gasteiger partial charge on any atom is 0.573 e. The first kappa shape index (κ1) is 17.3. The molecule has 2 N–H and O–H groups in total. The molecule has 0 bridgehead atoms. The quantitative estimate of drug-likeness (QED) is 0.914. The number of halogens is 3. The van der Waals surface area contributed by atoms with Gasteiger partial charge in [-0.1, -0.05) is 12.1 Å². The summed E-state index contributed by atoms with van der Waals surface area (Å²) in [7, 11) is 2.04. The van der Waals surface area contributed by atoms with Gasteiger partial charge in [-0.2, -0.15) is 0 Å². The Balaban J connectivity index is 1.88. The molecule has 1 aliphatic heterocycles. The number of alkyl halides is 3. The summed E-state index contributed by atoms with van der Waals surface area (Å²) < 4.78 is 41.1. The maximum absolute atomic E-state index is 12.4. The molecule has 6 nitrogen and oxygen atoms in total. The van der Waals surface area contributed by atoms with E-state index in [0.717, 1.165) is 26.2 Å². The minimum atomic E-state index is -4.74. The summed E-state index contributed by atoms with van der Waals surface area (Å²) in [6, 6.07) is 5.64. The van der Waals surface area contributed by atoms with Gasteiger partial charge in [-0.3, -0.25) is 0 Å². The van der Waals surface area contributed by atoms with Crippen LogP contribution in [-0.2, 0) is 0 Å². The third kappa shape index (κ3) is 4.30. The molecule has 2 aromatic rings. The monoisotopic (exact) mass is 353 g/mol. The molecule has 1 saturated heterocycles. The first-order chi connectivity index (χ1) is 11.8. The van der Waals surface area contributed by atoms with Crippen molar-refractivity contribution in [3.8, 4) is 17.0 Å². The fourth-order valence-corrected chi connectivity index (χ4v) is 2.63. The van der Waals surface area contributed by atoms with Gasteiger partial charge in [0.2, 0.25) is 0 Å². The molecule has 0 atom stereocenters. The molecule has 0 spiro atoms. The van der Waals surface area contributed by atoms with Gasteiger partial charge in [0.1, 0.15) is 5.75 Å². The Kier molecular flexibility index (Phi) is 4.67. The number of likely N-dealkylation sites (N-methyl/N-ethyl adjacent to an activating group) is 1. The molecule has 25 heavy (non-hydrogen) atoms. The highest BCUT2D eigenvalue weighted by Gasteiger charge is 2.31. The summed E-state index contributed by atoms with van der Waals surface area (Å²) in [5.41, 5.74) is 6.86. The molecule has 0 aliphatic carbocycles. The minimum Gasteiger partial charge on any atom is -0.406 e. The van der Waals surface area contributed by atoms with Gasteiger partial charge in [0.25, 0.3) is 0 Å². The highest BCUT2D eigenvalue weighted by Crippen LogP contribution is 2.29. The molecule has 1 aromatic heterocycles. The van der Waals surface area contributed by atoms with Crippen LogP contribution in [0.2, 0.25) is 0 Å². The molecule has 1 aliphatic rings. The van der Waals surface area contributed by atoms with E-state index >= 15 is 0 Å². The van der Waals surface area contributed by atoms with E-state index in [0.29, 0.717) is 22.9 Å². The van der Waals surface area contributed by atoms with Crippen molar-refractivity contribution < 1.29 is 17.9 Å². The van der Waals surface area contributed by atoms with E-state index in [-0.39, 0.29) is 5.75 Å². The summed E-state index contributed by atoms with van der Waals surface area (Å²) in [4.78, 5) is 12.9. The van der Waals surface area contributed by atoms with Crippen molar-refractivity contribution in [3.05, 3.63) is 30.5 Å². The smallest absolute Gasteiger partial charge is 0.406 e. The fourth-order valence-electron chi connectivity index (χ4n) is 2.63. The molecule has 0 radical (unpaired) electrons. The number of nitrogens with two attached hydrogens (primary N) is 1. The fraction of sp³-hybridized carbons (Fsp3) is 0.375. The van der Waals surface area contributed by atoms with Gasteiger partial charge in [-0.15, -0.1) is 13.2 Å². The number of benzene rings is 1. The lowest BCUT2D eigenvalue weighted by Crippen LogP contribution is -2.45. The minimum absolute atomic E-state index is 0.301. The van der Waals surface area contributed by atoms with Gasteiger partial charge in [0, 0.05) is 31.7 Å². The molecule has 1 fully saturated rings. The lowest BCUT2D eigenvalue weighted by Gasteiger charge is -2.33. The molecule has 1 aromatic carbocycles. The van der Waals surface area contributed by atoms with Crippen LogP contribution in [0.15, 0.2) is 30.5 Å². The van der Waals surface area contributed by atoms with E-state index in [2.05, 4.69) is 19.6 Å². The lowest BCUT2D eigenvalue weighted by molar-refractivity contribution is -0.274. The number of hydrogen-bond acceptors (Lipinski definition) is 6. The highest BCUT2D eigenvalue weighted by molar-refractivity contribution is 5.67. The van der Waals surface area contributed by atoms with Gasteiger partial charge < -0.3 is 20.3 Å². The second kappa shape index (κ2) is 6.75. The topological polar surface area (TPSA) is 67.5 Å². The predicted molar refractivity (Wildman–Crippen MR) is 88.3 cm³/mol. The van der Waals surface area contributed by atoms with Crippen molar-refractivity contribution in [2.45, 2.75) is 6.36 Å². The lowest BCUT2D eigenvalue weighted by atomic mass is 10.1. The van der Waals surface area contributed by atoms with E-state index in [9.17, 15) is 13.2 Å². The standard InChI is InChI=1S/C16H18F3N5O/c1-23-5-7-24(8-6-23)15-14(20)21-10-13(22-15)11-3-2-4-12(9-11)25-16(17,18)19/h2-4,9-10H,5-8H2,1H3,(H2,20,21). The molecule has 134 valence electrons. The van der Waals surface area contributed by atoms with E-state index < -0.39 is 6.36 Å². The largest absolute Gasteiger partial charge is 0.573 e. The summed E-state index contributed by atoms with van der Waals surface area (Å²) in [6.45, 7) is 3.27. The average molecular weight is 353 g/mol. The zero-order chi connectivity index (χ0) is 18.0. The first-order valence-corrected chi connectivity index (χ1v) is 7.74. The van der Waals surface area contributed by atoms with Crippen molar-refractivity contribution in [1.29, 1.82) is 0 Å². The normalized spacial score (nSPS) is 16.1. The van der Waals surface area contributed by atoms with Crippen LogP contribution in [-0.4, -0.2) is 54.5 Å². The number of anilines is 2. The molecule has 2 heterocycles. The summed E-state index contributed by atoms with van der Waals surface area (Å²) in [5, 5.41) is 0. The molecule has 0 saturated carbocycles. The van der Waals surface area contributed by atoms with Crippen molar-refractivity contribution in [2.24, 2.45) is 0 Å². The van der Waals surface area contributed by atoms with E-state index in [4.69, 9.17) is 5.73 Å². The second-order valence-electron chi connectivity index (χ2n) is 5.83. The summed E-state index contributed by atoms with van der Waals surface area (Å²) in [6.07, 6.45) is -3.29. The van der Waals surface area contributed by atoms with Crippen molar-refractivity contribution in [2.75, 3.05) is 43.9 Å². The predicted octanol–water partition coefficient (Wildman–Crippen LogP) is 2.38. The van der Waals surface area contributed by atoms with Crippen LogP contribution in [0.25, 0.3) is 11.3 Å². The van der Waals surface area contributed by atoms with Gasteiger partial charge in [-0.05, 0) is 19.2 Å². The Hall–Kier alpha value is -2.55. The third-order valence-electron chi connectivity index (χ3n) is 3.95. The SMILES string of the molecule is CN1CCN(c2nc(-c3cccc(OC(F)(F)F)c3)cnc2N)CC1. The Bertz CT molecular complexity index is 745. The maximum atomic E-state index is 12.4. The Morgan fingerprint density at radius 3 is 2.56 bits per heavy atom. The van der Waals surface area contributed by atoms with E-state index in [1.165, 1.54) is 24.4 Å². The molecular weight excluding hydrogens is 335 g/mol. The van der Waals surface area contributed by atoms with Crippen LogP contribution in [0.1, 0.15) is 0 Å². The number of hydrogen-bond donors (Lipinski definition) is 1. The average Bonchev–Trinajstić information content (AvgIpc) is 2.55. The zero-order valence-corrected chi connectivity index (χ0v) is 13.6.